The van der Waals surface area contributed by atoms with Crippen molar-refractivity contribution in [1.29, 1.82) is 0 Å². The van der Waals surface area contributed by atoms with Crippen LogP contribution in [-0.4, -0.2) is 34.3 Å². The highest BCUT2D eigenvalue weighted by atomic mass is 32.1. The maximum atomic E-state index is 14.1. The smallest absolute Gasteiger partial charge is 0.246 e. The van der Waals surface area contributed by atoms with Crippen molar-refractivity contribution in [1.82, 2.24) is 15.2 Å². The van der Waals surface area contributed by atoms with Crippen molar-refractivity contribution in [3.8, 4) is 11.1 Å². The van der Waals surface area contributed by atoms with Gasteiger partial charge < -0.3 is 10.2 Å². The van der Waals surface area contributed by atoms with E-state index in [-0.39, 0.29) is 29.7 Å². The van der Waals surface area contributed by atoms with E-state index < -0.39 is 6.04 Å². The number of aromatic nitrogens is 1. The lowest BCUT2D eigenvalue weighted by Gasteiger charge is -2.35. The van der Waals surface area contributed by atoms with Gasteiger partial charge in [0.25, 0.3) is 0 Å². The number of benzene rings is 2. The number of carbonyl (C=O) groups excluding carboxylic acids is 2. The third kappa shape index (κ3) is 5.06. The van der Waals surface area contributed by atoms with Crippen molar-refractivity contribution in [3.05, 3.63) is 53.5 Å². The average Bonchev–Trinajstić information content (AvgIpc) is 3.59. The Balaban J connectivity index is 1.44. The van der Waals surface area contributed by atoms with E-state index in [1.807, 2.05) is 24.8 Å². The summed E-state index contributed by atoms with van der Waals surface area (Å²) in [5.74, 6) is 0.229. The lowest BCUT2D eigenvalue weighted by molar-refractivity contribution is -0.140. The van der Waals surface area contributed by atoms with Gasteiger partial charge in [0.15, 0.2) is 0 Å². The molecule has 2 heterocycles. The summed E-state index contributed by atoms with van der Waals surface area (Å²) < 4.78 is 1.15. The first-order chi connectivity index (χ1) is 17.6. The molecule has 2 aromatic carbocycles. The number of nitrogens with zero attached hydrogens (tertiary/aromatic N) is 2. The predicted octanol–water partition coefficient (Wildman–Crippen LogP) is 6.74. The van der Waals surface area contributed by atoms with E-state index in [2.05, 4.69) is 47.8 Å². The summed E-state index contributed by atoms with van der Waals surface area (Å²) >= 11 is 1.70. The summed E-state index contributed by atoms with van der Waals surface area (Å²) in [4.78, 5) is 34.1. The molecule has 2 fully saturated rings. The molecule has 1 aliphatic heterocycles. The van der Waals surface area contributed by atoms with Crippen molar-refractivity contribution in [2.45, 2.75) is 77.3 Å². The Labute approximate surface area is 218 Å². The number of hydrogen-bond donors (Lipinski definition) is 1. The Morgan fingerprint density at radius 3 is 2.56 bits per heavy atom. The number of para-hydroxylation sites is 1. The van der Waals surface area contributed by atoms with E-state index in [0.29, 0.717) is 0 Å². The molecule has 0 bridgehead atoms. The fraction of sp³-hybridized carbons (Fsp3) is 0.500. The fourth-order valence-electron chi connectivity index (χ4n) is 5.75. The van der Waals surface area contributed by atoms with Gasteiger partial charge in [0.1, 0.15) is 11.0 Å². The van der Waals surface area contributed by atoms with Crippen molar-refractivity contribution >= 4 is 33.4 Å². The molecule has 1 saturated heterocycles. The third-order valence-electron chi connectivity index (χ3n) is 8.09. The van der Waals surface area contributed by atoms with Gasteiger partial charge in [-0.05, 0) is 49.7 Å². The molecule has 1 aromatic heterocycles. The molecule has 1 N–H and O–H groups in total. The highest BCUT2D eigenvalue weighted by molar-refractivity contribution is 7.18. The van der Waals surface area contributed by atoms with Crippen LogP contribution >= 0.6 is 11.3 Å². The van der Waals surface area contributed by atoms with Crippen LogP contribution in [0.15, 0.2) is 48.5 Å². The zero-order valence-corrected chi connectivity index (χ0v) is 22.2. The van der Waals surface area contributed by atoms with Crippen molar-refractivity contribution in [2.75, 3.05) is 6.54 Å². The zero-order valence-electron chi connectivity index (χ0n) is 21.4. The summed E-state index contributed by atoms with van der Waals surface area (Å²) in [5, 5.41) is 4.21. The second-order valence-corrected chi connectivity index (χ2v) is 11.5. The lowest BCUT2D eigenvalue weighted by Crippen LogP contribution is -2.53. The van der Waals surface area contributed by atoms with Gasteiger partial charge in [-0.15, -0.1) is 11.3 Å². The normalized spacial score (nSPS) is 20.4. The molecular weight excluding hydrogens is 466 g/mol. The van der Waals surface area contributed by atoms with E-state index in [0.717, 1.165) is 77.8 Å². The maximum Gasteiger partial charge on any atom is 0.246 e. The van der Waals surface area contributed by atoms with Gasteiger partial charge >= 0.3 is 0 Å². The maximum absolute atomic E-state index is 14.1. The van der Waals surface area contributed by atoms with Gasteiger partial charge in [0, 0.05) is 18.0 Å². The standard InChI is InChI=1S/C30H37N3O2S/c1-3-20(2)28(34)31-26(22-14-8-5-9-15-22)30(35)33-19-11-17-24(33)29-32-27-23(16-10-18-25(27)36-29)21-12-6-4-7-13-21/h4,6-7,10,12-13,16,18,20,22,24,26H,3,5,8-9,11,14-15,17,19H2,1-2H3,(H,31,34)/t20-,24+,26+/m1/s1. The molecule has 0 radical (unpaired) electrons. The largest absolute Gasteiger partial charge is 0.344 e. The molecule has 6 heteroatoms. The van der Waals surface area contributed by atoms with Crippen molar-refractivity contribution in [2.24, 2.45) is 11.8 Å². The predicted molar refractivity (Wildman–Crippen MR) is 147 cm³/mol. The Morgan fingerprint density at radius 2 is 1.81 bits per heavy atom. The van der Waals surface area contributed by atoms with Gasteiger partial charge in [-0.1, -0.05) is 75.6 Å². The van der Waals surface area contributed by atoms with Gasteiger partial charge in [-0.3, -0.25) is 9.59 Å². The van der Waals surface area contributed by atoms with E-state index in [1.165, 1.54) is 6.42 Å². The van der Waals surface area contributed by atoms with Crippen LogP contribution in [0.1, 0.15) is 76.3 Å². The SMILES string of the molecule is CC[C@@H](C)C(=O)N[C@H](C(=O)N1CCC[C@H]1c1nc2c(-c3ccccc3)cccc2s1)C1CCCCC1. The van der Waals surface area contributed by atoms with Crippen LogP contribution in [0.2, 0.25) is 0 Å². The topological polar surface area (TPSA) is 62.3 Å². The second-order valence-electron chi connectivity index (χ2n) is 10.5. The van der Waals surface area contributed by atoms with E-state index in [4.69, 9.17) is 4.98 Å². The highest BCUT2D eigenvalue weighted by Gasteiger charge is 2.40. The summed E-state index contributed by atoms with van der Waals surface area (Å²) in [5.41, 5.74) is 3.30. The lowest BCUT2D eigenvalue weighted by atomic mass is 9.83. The number of rotatable bonds is 7. The van der Waals surface area contributed by atoms with Gasteiger partial charge in [-0.25, -0.2) is 4.98 Å². The third-order valence-corrected chi connectivity index (χ3v) is 9.21. The molecule has 1 saturated carbocycles. The molecule has 3 aromatic rings. The molecule has 36 heavy (non-hydrogen) atoms. The van der Waals surface area contributed by atoms with Crippen LogP contribution in [-0.2, 0) is 9.59 Å². The van der Waals surface area contributed by atoms with E-state index in [9.17, 15) is 9.59 Å². The summed E-state index contributed by atoms with van der Waals surface area (Å²) in [6, 6.07) is 16.3. The van der Waals surface area contributed by atoms with Crippen LogP contribution in [0.3, 0.4) is 0 Å². The Hall–Kier alpha value is -2.73. The second kappa shape index (κ2) is 11.1. The molecule has 5 rings (SSSR count). The Morgan fingerprint density at radius 1 is 1.03 bits per heavy atom. The molecule has 3 atom stereocenters. The zero-order chi connectivity index (χ0) is 25.1. The minimum absolute atomic E-state index is 0.00432. The Kier molecular flexibility index (Phi) is 7.70. The van der Waals surface area contributed by atoms with Crippen LogP contribution < -0.4 is 5.32 Å². The molecule has 2 aliphatic rings. The highest BCUT2D eigenvalue weighted by Crippen LogP contribution is 2.40. The summed E-state index contributed by atoms with van der Waals surface area (Å²) in [6.45, 7) is 4.70. The number of carbonyl (C=O) groups is 2. The van der Waals surface area contributed by atoms with E-state index in [1.54, 1.807) is 11.3 Å². The number of nitrogens with one attached hydrogen (secondary N) is 1. The first-order valence-corrected chi connectivity index (χ1v) is 14.4. The average molecular weight is 504 g/mol. The minimum atomic E-state index is -0.429. The van der Waals surface area contributed by atoms with Crippen LogP contribution in [0, 0.1) is 11.8 Å². The molecule has 0 spiro atoms. The number of amides is 2. The van der Waals surface area contributed by atoms with Crippen molar-refractivity contribution in [3.63, 3.8) is 0 Å². The molecular formula is C30H37N3O2S. The number of likely N-dealkylation sites (tertiary alicyclic amines) is 1. The quantitative estimate of drug-likeness (QED) is 0.388. The summed E-state index contributed by atoms with van der Waals surface area (Å²) in [7, 11) is 0. The first kappa shape index (κ1) is 24.9. The number of thiazole rings is 1. The molecule has 2 amide bonds. The van der Waals surface area contributed by atoms with Gasteiger partial charge in [0.05, 0.1) is 16.3 Å². The fourth-order valence-corrected chi connectivity index (χ4v) is 6.90. The molecule has 190 valence electrons. The molecule has 0 unspecified atom stereocenters. The number of hydrogen-bond acceptors (Lipinski definition) is 4. The number of fused-ring (bicyclic) bond motifs is 1. The molecule has 5 nitrogen and oxygen atoms in total. The minimum Gasteiger partial charge on any atom is -0.344 e. The molecule has 1 aliphatic carbocycles. The van der Waals surface area contributed by atoms with Crippen molar-refractivity contribution < 1.29 is 9.59 Å². The summed E-state index contributed by atoms with van der Waals surface area (Å²) in [6.07, 6.45) is 8.18. The monoisotopic (exact) mass is 503 g/mol. The van der Waals surface area contributed by atoms with Crippen LogP contribution in [0.5, 0.6) is 0 Å². The Bertz CT molecular complexity index is 1200. The van der Waals surface area contributed by atoms with Crippen LogP contribution in [0.4, 0.5) is 0 Å². The van der Waals surface area contributed by atoms with E-state index >= 15 is 0 Å². The first-order valence-electron chi connectivity index (χ1n) is 13.6. The van der Waals surface area contributed by atoms with Gasteiger partial charge in [0.2, 0.25) is 11.8 Å². The van der Waals surface area contributed by atoms with Gasteiger partial charge in [-0.2, -0.15) is 0 Å². The van der Waals surface area contributed by atoms with Crippen LogP contribution in [0.25, 0.3) is 21.3 Å².